The van der Waals surface area contributed by atoms with Crippen LogP contribution in [0.4, 0.5) is 0 Å². The summed E-state index contributed by atoms with van der Waals surface area (Å²) in [5.41, 5.74) is -0.634. The lowest BCUT2D eigenvalue weighted by molar-refractivity contribution is -0.147. The van der Waals surface area contributed by atoms with Gasteiger partial charge in [-0.1, -0.05) is 43.2 Å². The number of rotatable bonds is 4. The van der Waals surface area contributed by atoms with Gasteiger partial charge in [0.1, 0.15) is 0 Å². The molecule has 118 valence electrons. The van der Waals surface area contributed by atoms with Crippen LogP contribution in [0, 0.1) is 17.8 Å². The molecule has 0 radical (unpaired) electrons. The molecule has 3 aliphatic rings. The molecule has 3 N–H and O–H groups in total. The predicted octanol–water partition coefficient (Wildman–Crippen LogP) is 1.40. The molecule has 1 aromatic rings. The van der Waals surface area contributed by atoms with Gasteiger partial charge in [0.2, 0.25) is 0 Å². The number of amides is 1. The molecular weight excluding hydrogens is 276 g/mol. The number of carbonyl (C=O) groups is 1. The predicted molar refractivity (Wildman–Crippen MR) is 84.1 cm³/mol. The molecule has 4 heteroatoms. The molecule has 1 heterocycles. The van der Waals surface area contributed by atoms with Crippen molar-refractivity contribution < 1.29 is 9.90 Å². The third-order valence-corrected chi connectivity index (χ3v) is 5.90. The Morgan fingerprint density at radius 3 is 2.41 bits per heavy atom. The Morgan fingerprint density at radius 2 is 1.77 bits per heavy atom. The molecule has 2 saturated carbocycles. The highest BCUT2D eigenvalue weighted by Gasteiger charge is 2.56. The second kappa shape index (κ2) is 5.36. The van der Waals surface area contributed by atoms with Crippen LogP contribution in [0.3, 0.4) is 0 Å². The topological polar surface area (TPSA) is 61.4 Å². The Hall–Kier alpha value is -1.39. The fraction of sp³-hybridized carbons (Fsp3) is 0.611. The summed E-state index contributed by atoms with van der Waals surface area (Å²) in [5, 5.41) is 17.8. The van der Waals surface area contributed by atoms with E-state index in [9.17, 15) is 9.90 Å². The molecule has 2 aliphatic carbocycles. The van der Waals surface area contributed by atoms with E-state index in [-0.39, 0.29) is 17.9 Å². The fourth-order valence-electron chi connectivity index (χ4n) is 4.48. The SMILES string of the molecule is O=C(NC1C2CNC[C@@H]21)C(O)(c1ccccc1)C1CCCC1. The van der Waals surface area contributed by atoms with E-state index in [4.69, 9.17) is 0 Å². The third-order valence-electron chi connectivity index (χ3n) is 5.90. The third kappa shape index (κ3) is 2.17. The van der Waals surface area contributed by atoms with Crippen LogP contribution in [-0.4, -0.2) is 30.1 Å². The first kappa shape index (κ1) is 14.2. The lowest BCUT2D eigenvalue weighted by Crippen LogP contribution is -2.50. The Labute approximate surface area is 131 Å². The molecule has 3 unspecified atom stereocenters. The fourth-order valence-corrected chi connectivity index (χ4v) is 4.48. The first-order chi connectivity index (χ1) is 10.7. The quantitative estimate of drug-likeness (QED) is 0.788. The van der Waals surface area contributed by atoms with Crippen molar-refractivity contribution in [1.29, 1.82) is 0 Å². The molecule has 4 rings (SSSR count). The molecule has 1 saturated heterocycles. The number of aliphatic hydroxyl groups is 1. The summed E-state index contributed by atoms with van der Waals surface area (Å²) in [6.07, 6.45) is 4.06. The van der Waals surface area contributed by atoms with Crippen LogP contribution < -0.4 is 10.6 Å². The summed E-state index contributed by atoms with van der Waals surface area (Å²) < 4.78 is 0. The molecule has 1 aliphatic heterocycles. The van der Waals surface area contributed by atoms with E-state index in [1.165, 1.54) is 0 Å². The van der Waals surface area contributed by atoms with E-state index in [2.05, 4.69) is 10.6 Å². The van der Waals surface area contributed by atoms with Crippen molar-refractivity contribution in [2.45, 2.75) is 37.3 Å². The van der Waals surface area contributed by atoms with Crippen LogP contribution in [-0.2, 0) is 10.4 Å². The summed E-state index contributed by atoms with van der Waals surface area (Å²) in [6.45, 7) is 1.98. The maximum Gasteiger partial charge on any atom is 0.257 e. The average Bonchev–Trinajstić information content (AvgIpc) is 3.03. The van der Waals surface area contributed by atoms with E-state index >= 15 is 0 Å². The van der Waals surface area contributed by atoms with Crippen LogP contribution in [0.15, 0.2) is 30.3 Å². The zero-order valence-electron chi connectivity index (χ0n) is 12.8. The molecule has 0 bridgehead atoms. The summed E-state index contributed by atoms with van der Waals surface area (Å²) in [7, 11) is 0. The highest BCUT2D eigenvalue weighted by Crippen LogP contribution is 2.44. The lowest BCUT2D eigenvalue weighted by atomic mass is 9.79. The largest absolute Gasteiger partial charge is 0.375 e. The minimum atomic E-state index is -1.37. The van der Waals surface area contributed by atoms with Crippen LogP contribution in [0.1, 0.15) is 31.2 Å². The number of hydrogen-bond acceptors (Lipinski definition) is 3. The van der Waals surface area contributed by atoms with Crippen LogP contribution in [0.25, 0.3) is 0 Å². The number of carbonyl (C=O) groups excluding carboxylic acids is 1. The number of fused-ring (bicyclic) bond motifs is 1. The normalized spacial score (nSPS) is 33.2. The zero-order chi connectivity index (χ0) is 15.2. The Kier molecular flexibility index (Phi) is 3.46. The minimum absolute atomic E-state index is 0.0339. The van der Waals surface area contributed by atoms with E-state index in [0.717, 1.165) is 44.3 Å². The lowest BCUT2D eigenvalue weighted by Gasteiger charge is -2.33. The first-order valence-corrected chi connectivity index (χ1v) is 8.51. The Balaban J connectivity index is 1.58. The highest BCUT2D eigenvalue weighted by atomic mass is 16.3. The number of nitrogens with one attached hydrogen (secondary N) is 2. The summed E-state index contributed by atoms with van der Waals surface area (Å²) in [5.74, 6) is 0.969. The number of piperidine rings is 1. The van der Waals surface area contributed by atoms with Crippen molar-refractivity contribution in [1.82, 2.24) is 10.6 Å². The van der Waals surface area contributed by atoms with Gasteiger partial charge in [-0.15, -0.1) is 0 Å². The van der Waals surface area contributed by atoms with Gasteiger partial charge in [0.15, 0.2) is 5.60 Å². The standard InChI is InChI=1S/C18H24N2O2/c21-17(20-16-14-10-19-11-15(14)16)18(22,13-8-4-5-9-13)12-6-2-1-3-7-12/h1-3,6-7,13-16,19,22H,4-5,8-11H2,(H,20,21)/t14-,15?,16?,18?/m0/s1. The summed E-state index contributed by atoms with van der Waals surface area (Å²) in [6, 6.07) is 9.75. The van der Waals surface area contributed by atoms with Gasteiger partial charge in [-0.3, -0.25) is 4.79 Å². The van der Waals surface area contributed by atoms with Gasteiger partial charge in [-0.05, 0) is 30.2 Å². The molecule has 0 aromatic heterocycles. The Morgan fingerprint density at radius 1 is 1.14 bits per heavy atom. The maximum absolute atomic E-state index is 13.0. The molecular formula is C18H24N2O2. The van der Waals surface area contributed by atoms with Gasteiger partial charge in [0, 0.05) is 25.0 Å². The molecule has 4 atom stereocenters. The minimum Gasteiger partial charge on any atom is -0.375 e. The summed E-state index contributed by atoms with van der Waals surface area (Å²) >= 11 is 0. The molecule has 4 nitrogen and oxygen atoms in total. The van der Waals surface area contributed by atoms with Gasteiger partial charge in [0.25, 0.3) is 5.91 Å². The summed E-state index contributed by atoms with van der Waals surface area (Å²) in [4.78, 5) is 13.0. The van der Waals surface area contributed by atoms with Crippen molar-refractivity contribution >= 4 is 5.91 Å². The van der Waals surface area contributed by atoms with E-state index in [0.29, 0.717) is 11.8 Å². The number of hydrogen-bond donors (Lipinski definition) is 3. The number of benzene rings is 1. The van der Waals surface area contributed by atoms with Gasteiger partial charge < -0.3 is 15.7 Å². The van der Waals surface area contributed by atoms with Crippen molar-refractivity contribution in [3.63, 3.8) is 0 Å². The maximum atomic E-state index is 13.0. The highest BCUT2D eigenvalue weighted by molar-refractivity contribution is 5.87. The Bertz CT molecular complexity index is 545. The van der Waals surface area contributed by atoms with Gasteiger partial charge in [-0.2, -0.15) is 0 Å². The first-order valence-electron chi connectivity index (χ1n) is 8.51. The van der Waals surface area contributed by atoms with Crippen LogP contribution in [0.2, 0.25) is 0 Å². The van der Waals surface area contributed by atoms with Gasteiger partial charge in [0.05, 0.1) is 0 Å². The molecule has 1 amide bonds. The molecule has 0 spiro atoms. The van der Waals surface area contributed by atoms with E-state index in [1.807, 2.05) is 30.3 Å². The average molecular weight is 300 g/mol. The smallest absolute Gasteiger partial charge is 0.257 e. The van der Waals surface area contributed by atoms with E-state index in [1.54, 1.807) is 0 Å². The molecule has 22 heavy (non-hydrogen) atoms. The second-order valence-electron chi connectivity index (χ2n) is 7.10. The monoisotopic (exact) mass is 300 g/mol. The van der Waals surface area contributed by atoms with Crippen LogP contribution in [0.5, 0.6) is 0 Å². The molecule has 1 aromatic carbocycles. The second-order valence-corrected chi connectivity index (χ2v) is 7.10. The van der Waals surface area contributed by atoms with Crippen LogP contribution >= 0.6 is 0 Å². The van der Waals surface area contributed by atoms with Crippen molar-refractivity contribution in [2.75, 3.05) is 13.1 Å². The van der Waals surface area contributed by atoms with Crippen molar-refractivity contribution in [2.24, 2.45) is 17.8 Å². The zero-order valence-corrected chi connectivity index (χ0v) is 12.8. The van der Waals surface area contributed by atoms with Gasteiger partial charge in [-0.25, -0.2) is 0 Å². The van der Waals surface area contributed by atoms with Gasteiger partial charge >= 0.3 is 0 Å². The van der Waals surface area contributed by atoms with E-state index < -0.39 is 5.60 Å². The van der Waals surface area contributed by atoms with Crippen molar-refractivity contribution in [3.8, 4) is 0 Å². The van der Waals surface area contributed by atoms with Crippen molar-refractivity contribution in [3.05, 3.63) is 35.9 Å². The molecule has 3 fully saturated rings.